The van der Waals surface area contributed by atoms with Crippen molar-refractivity contribution in [2.45, 2.75) is 24.3 Å². The van der Waals surface area contributed by atoms with Crippen molar-refractivity contribution >= 4 is 10.0 Å². The van der Waals surface area contributed by atoms with Crippen LogP contribution in [0.3, 0.4) is 0 Å². The number of hydrogen-bond acceptors (Lipinski definition) is 4. The Balaban J connectivity index is 1.99. The number of methoxy groups -OCH3 is 1. The van der Waals surface area contributed by atoms with Gasteiger partial charge in [0.15, 0.2) is 0 Å². The van der Waals surface area contributed by atoms with E-state index in [1.165, 1.54) is 22.2 Å². The van der Waals surface area contributed by atoms with Crippen LogP contribution in [0.1, 0.15) is 16.7 Å². The third-order valence-electron chi connectivity index (χ3n) is 5.10. The van der Waals surface area contributed by atoms with Gasteiger partial charge in [0.05, 0.1) is 17.7 Å². The lowest BCUT2D eigenvalue weighted by Crippen LogP contribution is -2.16. The highest BCUT2D eigenvalue weighted by molar-refractivity contribution is 7.90. The van der Waals surface area contributed by atoms with E-state index in [9.17, 15) is 12.8 Å². The molecule has 3 aromatic rings. The standard InChI is InChI=1S/C21H21FN2O3S/c1-23-12-15-13-24(28(25,26)18-5-3-4-16(22)10-18)21-19(15)9-7-14-6-8-17(27-2)11-20(14)21/h3-6,8,10-11,13,23H,7,9,12H2,1-2H3. The van der Waals surface area contributed by atoms with Crippen LogP contribution in [-0.4, -0.2) is 26.5 Å². The fourth-order valence-corrected chi connectivity index (χ4v) is 5.24. The highest BCUT2D eigenvalue weighted by Crippen LogP contribution is 2.40. The van der Waals surface area contributed by atoms with Crippen LogP contribution in [0.15, 0.2) is 53.6 Å². The summed E-state index contributed by atoms with van der Waals surface area (Å²) in [6, 6.07) is 10.8. The molecule has 0 bridgehead atoms. The predicted molar refractivity (Wildman–Crippen MR) is 106 cm³/mol. The lowest BCUT2D eigenvalue weighted by molar-refractivity contribution is 0.415. The summed E-state index contributed by atoms with van der Waals surface area (Å²) in [7, 11) is -0.547. The second kappa shape index (κ2) is 7.07. The van der Waals surface area contributed by atoms with Crippen molar-refractivity contribution in [3.05, 3.63) is 71.2 Å². The number of nitrogens with zero attached hydrogens (tertiary/aromatic N) is 1. The molecule has 5 nitrogen and oxygen atoms in total. The molecule has 0 fully saturated rings. The summed E-state index contributed by atoms with van der Waals surface area (Å²) in [4.78, 5) is -0.0728. The smallest absolute Gasteiger partial charge is 0.268 e. The zero-order chi connectivity index (χ0) is 19.9. The van der Waals surface area contributed by atoms with Crippen LogP contribution in [0.4, 0.5) is 4.39 Å². The average Bonchev–Trinajstić information content (AvgIpc) is 3.07. The summed E-state index contributed by atoms with van der Waals surface area (Å²) in [5.74, 6) is 0.0808. The van der Waals surface area contributed by atoms with Crippen molar-refractivity contribution in [1.29, 1.82) is 0 Å². The van der Waals surface area contributed by atoms with Crippen molar-refractivity contribution in [2.75, 3.05) is 14.2 Å². The highest BCUT2D eigenvalue weighted by atomic mass is 32.2. The number of ether oxygens (including phenoxy) is 1. The number of fused-ring (bicyclic) bond motifs is 3. The summed E-state index contributed by atoms with van der Waals surface area (Å²) in [5.41, 5.74) is 4.46. The van der Waals surface area contributed by atoms with Crippen LogP contribution < -0.4 is 10.1 Å². The SMILES string of the molecule is CNCc1cn(S(=O)(=O)c2cccc(F)c2)c2c1CCc1ccc(OC)cc1-2. The van der Waals surface area contributed by atoms with Crippen LogP contribution >= 0.6 is 0 Å². The molecule has 1 aliphatic carbocycles. The largest absolute Gasteiger partial charge is 0.497 e. The average molecular weight is 400 g/mol. The van der Waals surface area contributed by atoms with Gasteiger partial charge in [0.1, 0.15) is 11.6 Å². The molecule has 0 unspecified atom stereocenters. The Kier molecular flexibility index (Phi) is 4.72. The number of rotatable bonds is 5. The van der Waals surface area contributed by atoms with Gasteiger partial charge in [-0.1, -0.05) is 12.1 Å². The van der Waals surface area contributed by atoms with Crippen molar-refractivity contribution in [2.24, 2.45) is 0 Å². The normalized spacial score (nSPS) is 13.1. The van der Waals surface area contributed by atoms with Gasteiger partial charge in [-0.2, -0.15) is 0 Å². The Bertz CT molecular complexity index is 1150. The monoisotopic (exact) mass is 400 g/mol. The molecule has 4 rings (SSSR count). The molecule has 0 aliphatic heterocycles. The molecule has 1 N–H and O–H groups in total. The highest BCUT2D eigenvalue weighted by Gasteiger charge is 2.30. The maximum Gasteiger partial charge on any atom is 0.268 e. The van der Waals surface area contributed by atoms with Crippen LogP contribution in [0.25, 0.3) is 11.3 Å². The van der Waals surface area contributed by atoms with Crippen LogP contribution in [0, 0.1) is 5.82 Å². The van der Waals surface area contributed by atoms with E-state index in [2.05, 4.69) is 5.32 Å². The van der Waals surface area contributed by atoms with Gasteiger partial charge in [0, 0.05) is 18.3 Å². The predicted octanol–water partition coefficient (Wildman–Crippen LogP) is 3.36. The summed E-state index contributed by atoms with van der Waals surface area (Å²) in [6.45, 7) is 0.549. The van der Waals surface area contributed by atoms with E-state index in [0.29, 0.717) is 18.0 Å². The molecule has 28 heavy (non-hydrogen) atoms. The molecule has 1 aromatic heterocycles. The molecular formula is C21H21FN2O3S. The molecule has 7 heteroatoms. The number of nitrogens with one attached hydrogen (secondary N) is 1. The first kappa shape index (κ1) is 18.7. The van der Waals surface area contributed by atoms with Gasteiger partial charge in [-0.3, -0.25) is 0 Å². The van der Waals surface area contributed by atoms with Crippen LogP contribution in [0.5, 0.6) is 5.75 Å². The maximum absolute atomic E-state index is 13.7. The van der Waals surface area contributed by atoms with Gasteiger partial charge in [0.2, 0.25) is 0 Å². The van der Waals surface area contributed by atoms with Gasteiger partial charge >= 0.3 is 0 Å². The fourth-order valence-electron chi connectivity index (χ4n) is 3.78. The van der Waals surface area contributed by atoms with E-state index in [0.717, 1.165) is 41.2 Å². The number of benzene rings is 2. The lowest BCUT2D eigenvalue weighted by atomic mass is 9.88. The zero-order valence-electron chi connectivity index (χ0n) is 15.7. The fraction of sp³-hybridized carbons (Fsp3) is 0.238. The number of aromatic nitrogens is 1. The molecule has 0 saturated carbocycles. The Labute approximate surface area is 163 Å². The van der Waals surface area contributed by atoms with Gasteiger partial charge in [-0.25, -0.2) is 16.8 Å². The molecule has 1 heterocycles. The number of hydrogen-bond donors (Lipinski definition) is 1. The maximum atomic E-state index is 13.7. The molecule has 146 valence electrons. The molecule has 0 amide bonds. The van der Waals surface area contributed by atoms with Gasteiger partial charge < -0.3 is 10.1 Å². The van der Waals surface area contributed by atoms with Gasteiger partial charge in [-0.05, 0) is 66.9 Å². The Morgan fingerprint density at radius 3 is 2.71 bits per heavy atom. The minimum absolute atomic E-state index is 0.0728. The summed E-state index contributed by atoms with van der Waals surface area (Å²) < 4.78 is 47.1. The topological polar surface area (TPSA) is 60.3 Å². The zero-order valence-corrected chi connectivity index (χ0v) is 16.5. The molecule has 0 saturated heterocycles. The van der Waals surface area contributed by atoms with E-state index in [1.54, 1.807) is 13.3 Å². The van der Waals surface area contributed by atoms with E-state index in [1.807, 2.05) is 25.2 Å². The Morgan fingerprint density at radius 1 is 1.18 bits per heavy atom. The van der Waals surface area contributed by atoms with Crippen molar-refractivity contribution in [1.82, 2.24) is 9.29 Å². The Hall–Kier alpha value is -2.64. The first-order valence-electron chi connectivity index (χ1n) is 9.02. The molecule has 1 aliphatic rings. The van der Waals surface area contributed by atoms with Crippen molar-refractivity contribution in [3.63, 3.8) is 0 Å². The first-order chi connectivity index (χ1) is 13.5. The number of aryl methyl sites for hydroxylation is 1. The lowest BCUT2D eigenvalue weighted by Gasteiger charge is -2.21. The molecule has 0 atom stereocenters. The minimum Gasteiger partial charge on any atom is -0.497 e. The van der Waals surface area contributed by atoms with Crippen LogP contribution in [0.2, 0.25) is 0 Å². The molecular weight excluding hydrogens is 379 g/mol. The first-order valence-corrected chi connectivity index (χ1v) is 10.5. The summed E-state index contributed by atoms with van der Waals surface area (Å²) in [6.07, 6.45) is 3.22. The third kappa shape index (κ3) is 3.00. The summed E-state index contributed by atoms with van der Waals surface area (Å²) >= 11 is 0. The second-order valence-electron chi connectivity index (χ2n) is 6.79. The van der Waals surface area contributed by atoms with E-state index >= 15 is 0 Å². The van der Waals surface area contributed by atoms with Gasteiger partial charge in [0.25, 0.3) is 10.0 Å². The van der Waals surface area contributed by atoms with Crippen LogP contribution in [-0.2, 0) is 29.4 Å². The van der Waals surface area contributed by atoms with E-state index in [-0.39, 0.29) is 4.90 Å². The van der Waals surface area contributed by atoms with Crippen molar-refractivity contribution < 1.29 is 17.5 Å². The van der Waals surface area contributed by atoms with Gasteiger partial charge in [-0.15, -0.1) is 0 Å². The third-order valence-corrected chi connectivity index (χ3v) is 6.76. The van der Waals surface area contributed by atoms with E-state index in [4.69, 9.17) is 4.74 Å². The van der Waals surface area contributed by atoms with Crippen molar-refractivity contribution in [3.8, 4) is 17.0 Å². The number of halogens is 1. The second-order valence-corrected chi connectivity index (χ2v) is 8.61. The molecule has 0 spiro atoms. The Morgan fingerprint density at radius 2 is 2.00 bits per heavy atom. The quantitative estimate of drug-likeness (QED) is 0.714. The minimum atomic E-state index is -3.95. The molecule has 2 aromatic carbocycles. The molecule has 0 radical (unpaired) electrons. The summed E-state index contributed by atoms with van der Waals surface area (Å²) in [5, 5.41) is 3.10. The van der Waals surface area contributed by atoms with E-state index < -0.39 is 15.8 Å².